The van der Waals surface area contributed by atoms with Gasteiger partial charge in [-0.25, -0.2) is 9.87 Å². The molecule has 4 rings (SSSR count). The highest BCUT2D eigenvalue weighted by Gasteiger charge is 2.27. The molecule has 7 heteroatoms. The van der Waals surface area contributed by atoms with E-state index in [1.165, 1.54) is 23.5 Å². The Hall–Kier alpha value is -3.29. The first-order valence-corrected chi connectivity index (χ1v) is 10.2. The van der Waals surface area contributed by atoms with Crippen molar-refractivity contribution in [2.75, 3.05) is 6.54 Å². The summed E-state index contributed by atoms with van der Waals surface area (Å²) in [4.78, 5) is 28.3. The number of hydroxylamine groups is 1. The molecule has 30 heavy (non-hydrogen) atoms. The summed E-state index contributed by atoms with van der Waals surface area (Å²) < 4.78 is 13.9. The number of halogens is 1. The SMILES string of the molecule is O=C(NO)c1cc2c(s1)CCN(C(=O)C(=Cc1ccccc1)c1cccc(F)c1)C2. The molecule has 0 unspecified atom stereocenters. The largest absolute Gasteiger partial charge is 0.334 e. The Morgan fingerprint density at radius 1 is 1.10 bits per heavy atom. The van der Waals surface area contributed by atoms with Gasteiger partial charge in [-0.05, 0) is 47.4 Å². The summed E-state index contributed by atoms with van der Waals surface area (Å²) in [7, 11) is 0. The van der Waals surface area contributed by atoms with Gasteiger partial charge in [0.2, 0.25) is 0 Å². The number of hydrogen-bond donors (Lipinski definition) is 2. The predicted molar refractivity (Wildman–Crippen MR) is 113 cm³/mol. The summed E-state index contributed by atoms with van der Waals surface area (Å²) in [5.74, 6) is -1.16. The van der Waals surface area contributed by atoms with Crippen molar-refractivity contribution in [1.29, 1.82) is 0 Å². The molecule has 0 radical (unpaired) electrons. The third-order valence-corrected chi connectivity index (χ3v) is 6.19. The Bertz CT molecular complexity index is 1120. The number of thiophene rings is 1. The van der Waals surface area contributed by atoms with Crippen molar-refractivity contribution in [3.8, 4) is 0 Å². The van der Waals surface area contributed by atoms with Crippen LogP contribution in [-0.2, 0) is 17.8 Å². The fourth-order valence-electron chi connectivity index (χ4n) is 3.48. The van der Waals surface area contributed by atoms with Crippen LogP contribution in [0.5, 0.6) is 0 Å². The summed E-state index contributed by atoms with van der Waals surface area (Å²) in [5, 5.41) is 8.86. The van der Waals surface area contributed by atoms with Crippen LogP contribution in [0.25, 0.3) is 11.6 Å². The van der Waals surface area contributed by atoms with Gasteiger partial charge in [-0.15, -0.1) is 11.3 Å². The topological polar surface area (TPSA) is 69.6 Å². The van der Waals surface area contributed by atoms with E-state index in [0.29, 0.717) is 35.5 Å². The molecule has 0 aliphatic carbocycles. The maximum atomic E-state index is 13.9. The normalized spacial score (nSPS) is 13.7. The zero-order valence-electron chi connectivity index (χ0n) is 16.0. The lowest BCUT2D eigenvalue weighted by atomic mass is 9.99. The van der Waals surface area contributed by atoms with Gasteiger partial charge >= 0.3 is 0 Å². The second kappa shape index (κ2) is 8.61. The van der Waals surface area contributed by atoms with E-state index >= 15 is 0 Å². The Balaban J connectivity index is 1.66. The lowest BCUT2D eigenvalue weighted by Gasteiger charge is -2.28. The summed E-state index contributed by atoms with van der Waals surface area (Å²) in [6, 6.07) is 17.1. The number of amides is 2. The summed E-state index contributed by atoms with van der Waals surface area (Å²) in [6.45, 7) is 0.846. The van der Waals surface area contributed by atoms with Crippen LogP contribution in [-0.4, -0.2) is 28.5 Å². The van der Waals surface area contributed by atoms with Gasteiger partial charge in [0.25, 0.3) is 11.8 Å². The van der Waals surface area contributed by atoms with E-state index in [4.69, 9.17) is 5.21 Å². The molecule has 1 aliphatic rings. The Labute approximate surface area is 177 Å². The van der Waals surface area contributed by atoms with Gasteiger partial charge in [0.05, 0.1) is 4.88 Å². The molecule has 1 aromatic heterocycles. The van der Waals surface area contributed by atoms with Gasteiger partial charge in [0, 0.05) is 23.5 Å². The van der Waals surface area contributed by atoms with Crippen molar-refractivity contribution < 1.29 is 19.2 Å². The smallest absolute Gasteiger partial charge is 0.284 e. The van der Waals surface area contributed by atoms with Crippen molar-refractivity contribution in [3.63, 3.8) is 0 Å². The molecule has 2 amide bonds. The highest BCUT2D eigenvalue weighted by atomic mass is 32.1. The minimum absolute atomic E-state index is 0.200. The molecule has 5 nitrogen and oxygen atoms in total. The Morgan fingerprint density at radius 3 is 2.63 bits per heavy atom. The monoisotopic (exact) mass is 422 g/mol. The van der Waals surface area contributed by atoms with Crippen LogP contribution in [0.2, 0.25) is 0 Å². The highest BCUT2D eigenvalue weighted by molar-refractivity contribution is 7.14. The minimum atomic E-state index is -0.559. The first-order chi connectivity index (χ1) is 14.5. The lowest BCUT2D eigenvalue weighted by molar-refractivity contribution is -0.125. The van der Waals surface area contributed by atoms with Crippen molar-refractivity contribution >= 4 is 34.8 Å². The maximum absolute atomic E-state index is 13.9. The van der Waals surface area contributed by atoms with Gasteiger partial charge in [0.1, 0.15) is 5.82 Å². The number of nitrogens with zero attached hydrogens (tertiary/aromatic N) is 1. The number of rotatable bonds is 4. The summed E-state index contributed by atoms with van der Waals surface area (Å²) in [6.07, 6.45) is 2.39. The average Bonchev–Trinajstić information content (AvgIpc) is 3.20. The van der Waals surface area contributed by atoms with E-state index < -0.39 is 11.7 Å². The van der Waals surface area contributed by atoms with E-state index in [1.54, 1.807) is 34.7 Å². The van der Waals surface area contributed by atoms with Gasteiger partial charge in [-0.1, -0.05) is 42.5 Å². The van der Waals surface area contributed by atoms with Crippen LogP contribution < -0.4 is 5.48 Å². The standard InChI is InChI=1S/C23H19FN2O3S/c24-18-8-4-7-16(12-18)19(11-15-5-2-1-3-6-15)23(28)26-10-9-20-17(14-26)13-21(30-20)22(27)25-29/h1-8,11-13,29H,9-10,14H2,(H,25,27). The number of carbonyl (C=O) groups excluding carboxylic acids is 2. The molecule has 2 heterocycles. The van der Waals surface area contributed by atoms with E-state index in [0.717, 1.165) is 16.0 Å². The second-order valence-corrected chi connectivity index (χ2v) is 8.09. The third kappa shape index (κ3) is 4.17. The lowest BCUT2D eigenvalue weighted by Crippen LogP contribution is -2.35. The van der Waals surface area contributed by atoms with Crippen LogP contribution in [0.4, 0.5) is 4.39 Å². The van der Waals surface area contributed by atoms with Crippen LogP contribution >= 0.6 is 11.3 Å². The first-order valence-electron chi connectivity index (χ1n) is 9.43. The zero-order chi connectivity index (χ0) is 21.1. The maximum Gasteiger partial charge on any atom is 0.284 e. The molecule has 0 spiro atoms. The number of hydrogen-bond acceptors (Lipinski definition) is 4. The van der Waals surface area contributed by atoms with Crippen molar-refractivity contribution in [2.24, 2.45) is 0 Å². The fourth-order valence-corrected chi connectivity index (χ4v) is 4.54. The Kier molecular flexibility index (Phi) is 5.74. The van der Waals surface area contributed by atoms with E-state index in [2.05, 4.69) is 0 Å². The molecule has 0 atom stereocenters. The van der Waals surface area contributed by atoms with Gasteiger partial charge < -0.3 is 4.90 Å². The molecule has 0 fully saturated rings. The highest BCUT2D eigenvalue weighted by Crippen LogP contribution is 2.30. The number of benzene rings is 2. The molecule has 152 valence electrons. The van der Waals surface area contributed by atoms with E-state index in [-0.39, 0.29) is 5.91 Å². The molecule has 0 saturated heterocycles. The zero-order valence-corrected chi connectivity index (χ0v) is 16.8. The Morgan fingerprint density at radius 2 is 1.90 bits per heavy atom. The van der Waals surface area contributed by atoms with Gasteiger partial charge in [-0.2, -0.15) is 0 Å². The summed E-state index contributed by atoms with van der Waals surface area (Å²) in [5.41, 5.74) is 4.30. The van der Waals surface area contributed by atoms with Crippen molar-refractivity contribution in [1.82, 2.24) is 10.4 Å². The van der Waals surface area contributed by atoms with E-state index in [9.17, 15) is 14.0 Å². The molecule has 3 aromatic rings. The van der Waals surface area contributed by atoms with Crippen molar-refractivity contribution in [2.45, 2.75) is 13.0 Å². The number of carbonyl (C=O) groups is 2. The fraction of sp³-hybridized carbons (Fsp3) is 0.130. The van der Waals surface area contributed by atoms with Gasteiger partial charge in [0.15, 0.2) is 0 Å². The van der Waals surface area contributed by atoms with Crippen LogP contribution in [0, 0.1) is 5.82 Å². The van der Waals surface area contributed by atoms with Crippen LogP contribution in [0.15, 0.2) is 60.7 Å². The average molecular weight is 422 g/mol. The van der Waals surface area contributed by atoms with Crippen LogP contribution in [0.3, 0.4) is 0 Å². The van der Waals surface area contributed by atoms with E-state index in [1.807, 2.05) is 30.3 Å². The van der Waals surface area contributed by atoms with Gasteiger partial charge in [-0.3, -0.25) is 14.8 Å². The van der Waals surface area contributed by atoms with Crippen LogP contribution in [0.1, 0.15) is 31.2 Å². The quantitative estimate of drug-likeness (QED) is 0.287. The number of nitrogens with one attached hydrogen (secondary N) is 1. The molecular formula is C23H19FN2O3S. The molecule has 1 aliphatic heterocycles. The molecular weight excluding hydrogens is 403 g/mol. The molecule has 0 saturated carbocycles. The molecule has 2 aromatic carbocycles. The second-order valence-electron chi connectivity index (χ2n) is 6.96. The third-order valence-electron chi connectivity index (χ3n) is 4.96. The molecule has 2 N–H and O–H groups in total. The number of fused-ring (bicyclic) bond motifs is 1. The predicted octanol–water partition coefficient (Wildman–Crippen LogP) is 4.13. The minimum Gasteiger partial charge on any atom is -0.334 e. The summed E-state index contributed by atoms with van der Waals surface area (Å²) >= 11 is 1.32. The first kappa shape index (κ1) is 20.0. The van der Waals surface area contributed by atoms with Crippen molar-refractivity contribution in [3.05, 3.63) is 92.9 Å². The molecule has 0 bridgehead atoms.